The topological polar surface area (TPSA) is 68.9 Å². The van der Waals surface area contributed by atoms with E-state index in [-0.39, 0.29) is 6.04 Å². The largest absolute Gasteiger partial charge is 0.416 e. The summed E-state index contributed by atoms with van der Waals surface area (Å²) >= 11 is 5.91. The zero-order chi connectivity index (χ0) is 23.0. The van der Waals surface area contributed by atoms with E-state index < -0.39 is 47.8 Å². The molecule has 0 aliphatic heterocycles. The van der Waals surface area contributed by atoms with Crippen LogP contribution < -0.4 is 11.0 Å². The van der Waals surface area contributed by atoms with Gasteiger partial charge in [0.2, 0.25) is 5.91 Å². The van der Waals surface area contributed by atoms with E-state index in [1.165, 1.54) is 4.57 Å². The lowest BCUT2D eigenvalue weighted by Crippen LogP contribution is -2.34. The minimum Gasteiger partial charge on any atom is -0.350 e. The second-order valence-corrected chi connectivity index (χ2v) is 7.85. The molecule has 32 heavy (non-hydrogen) atoms. The van der Waals surface area contributed by atoms with Gasteiger partial charge < -0.3 is 5.32 Å². The first-order valence-corrected chi connectivity index (χ1v) is 10.1. The van der Waals surface area contributed by atoms with Gasteiger partial charge in [0.25, 0.3) is 0 Å². The number of rotatable bonds is 6. The van der Waals surface area contributed by atoms with Gasteiger partial charge in [-0.3, -0.25) is 9.36 Å². The number of benzene rings is 2. The number of nitrogens with one attached hydrogen (secondary N) is 1. The van der Waals surface area contributed by atoms with Crippen LogP contribution in [0.15, 0.2) is 47.3 Å². The van der Waals surface area contributed by atoms with Gasteiger partial charge in [0.15, 0.2) is 5.82 Å². The van der Waals surface area contributed by atoms with Crippen LogP contribution in [0.2, 0.25) is 5.02 Å². The average molecular weight is 469 g/mol. The summed E-state index contributed by atoms with van der Waals surface area (Å²) in [5, 5.41) is 7.01. The third-order valence-electron chi connectivity index (χ3n) is 5.06. The van der Waals surface area contributed by atoms with Gasteiger partial charge in [-0.25, -0.2) is 13.9 Å². The van der Waals surface area contributed by atoms with Crippen molar-refractivity contribution in [2.45, 2.75) is 38.1 Å². The molecule has 1 N–H and O–H groups in total. The van der Waals surface area contributed by atoms with E-state index in [0.717, 1.165) is 35.7 Å². The van der Waals surface area contributed by atoms with Crippen molar-refractivity contribution in [3.8, 4) is 11.4 Å². The van der Waals surface area contributed by atoms with Crippen LogP contribution in [-0.2, 0) is 24.1 Å². The Labute approximate surface area is 184 Å². The second-order valence-electron chi connectivity index (χ2n) is 7.41. The molecule has 1 fully saturated rings. The van der Waals surface area contributed by atoms with Crippen molar-refractivity contribution in [1.29, 1.82) is 0 Å². The van der Waals surface area contributed by atoms with Crippen molar-refractivity contribution >= 4 is 17.5 Å². The van der Waals surface area contributed by atoms with E-state index in [1.54, 1.807) is 24.3 Å². The van der Waals surface area contributed by atoms with Gasteiger partial charge in [0.1, 0.15) is 12.4 Å². The number of hydrogen-bond acceptors (Lipinski definition) is 3. The Morgan fingerprint density at radius 3 is 2.47 bits per heavy atom. The van der Waals surface area contributed by atoms with Crippen LogP contribution in [0.3, 0.4) is 0 Å². The van der Waals surface area contributed by atoms with Crippen LogP contribution >= 0.6 is 11.6 Å². The quantitative estimate of drug-likeness (QED) is 0.552. The number of carbonyl (C=O) groups is 1. The fourth-order valence-electron chi connectivity index (χ4n) is 3.36. The van der Waals surface area contributed by atoms with Gasteiger partial charge in [-0.05, 0) is 49.2 Å². The summed E-state index contributed by atoms with van der Waals surface area (Å²) in [5.74, 6) is -1.48. The van der Waals surface area contributed by atoms with E-state index >= 15 is 0 Å². The predicted molar refractivity (Wildman–Crippen MR) is 108 cm³/mol. The maximum absolute atomic E-state index is 14.0. The van der Waals surface area contributed by atoms with Gasteiger partial charge in [-0.2, -0.15) is 13.2 Å². The summed E-state index contributed by atoms with van der Waals surface area (Å²) < 4.78 is 55.8. The Hall–Kier alpha value is -3.14. The highest BCUT2D eigenvalue weighted by Crippen LogP contribution is 2.36. The molecule has 6 nitrogen and oxygen atoms in total. The molecule has 1 aromatic heterocycles. The van der Waals surface area contributed by atoms with Gasteiger partial charge in [-0.1, -0.05) is 17.7 Å². The maximum atomic E-state index is 14.0. The van der Waals surface area contributed by atoms with Gasteiger partial charge in [0, 0.05) is 28.7 Å². The summed E-state index contributed by atoms with van der Waals surface area (Å²) in [6.45, 7) is -1.20. The van der Waals surface area contributed by atoms with Gasteiger partial charge in [0.05, 0.1) is 5.56 Å². The van der Waals surface area contributed by atoms with Crippen LogP contribution in [0.4, 0.5) is 17.6 Å². The van der Waals surface area contributed by atoms with Crippen LogP contribution in [-0.4, -0.2) is 20.3 Å². The van der Waals surface area contributed by atoms with Crippen LogP contribution in [0.1, 0.15) is 30.0 Å². The first-order chi connectivity index (χ1) is 15.1. The molecule has 1 saturated carbocycles. The molecule has 0 saturated heterocycles. The molecule has 11 heteroatoms. The Bertz CT molecular complexity index is 1210. The van der Waals surface area contributed by atoms with E-state index in [2.05, 4.69) is 10.4 Å². The van der Waals surface area contributed by atoms with Crippen molar-refractivity contribution in [2.24, 2.45) is 0 Å². The molecule has 1 heterocycles. The number of halogens is 5. The molecular weight excluding hydrogens is 452 g/mol. The molecule has 3 aromatic rings. The fraction of sp³-hybridized carbons (Fsp3) is 0.286. The number of nitrogens with zero attached hydrogens (tertiary/aromatic N) is 3. The van der Waals surface area contributed by atoms with Gasteiger partial charge in [-0.15, -0.1) is 5.10 Å². The molecular formula is C21H17ClF4N4O2. The molecule has 0 unspecified atom stereocenters. The van der Waals surface area contributed by atoms with E-state index in [4.69, 9.17) is 11.6 Å². The average Bonchev–Trinajstić information content (AvgIpc) is 3.51. The molecule has 4 rings (SSSR count). The number of carbonyl (C=O) groups excluding carboxylic acids is 1. The normalized spacial score (nSPS) is 13.9. The minimum atomic E-state index is -4.77. The highest BCUT2D eigenvalue weighted by Gasteiger charge is 2.34. The summed E-state index contributed by atoms with van der Waals surface area (Å²) in [4.78, 5) is 25.2. The fourth-order valence-corrected chi connectivity index (χ4v) is 3.49. The molecule has 0 spiro atoms. The third-order valence-corrected chi connectivity index (χ3v) is 5.32. The lowest BCUT2D eigenvalue weighted by Gasteiger charge is -2.14. The highest BCUT2D eigenvalue weighted by atomic mass is 35.5. The molecule has 1 aliphatic rings. The first-order valence-electron chi connectivity index (χ1n) is 9.71. The first kappa shape index (κ1) is 22.1. The lowest BCUT2D eigenvalue weighted by atomic mass is 10.1. The number of hydrogen-bond donors (Lipinski definition) is 1. The second kappa shape index (κ2) is 8.42. The monoisotopic (exact) mass is 468 g/mol. The standard InChI is InChI=1S/C21H17ClF4N4O2/c22-13-6-4-12(5-7-13)19-28-29(20(32)30(19)14-8-9-14)11-18(31)27-10-15-16(21(24,25)26)2-1-3-17(15)23/h1-7,14H,8-11H2,(H,27,31). The van der Waals surface area contributed by atoms with Crippen LogP contribution in [0.5, 0.6) is 0 Å². The summed E-state index contributed by atoms with van der Waals surface area (Å²) in [6.07, 6.45) is -3.17. The van der Waals surface area contributed by atoms with Crippen molar-refractivity contribution < 1.29 is 22.4 Å². The molecule has 1 aliphatic carbocycles. The molecule has 1 amide bonds. The third kappa shape index (κ3) is 4.55. The SMILES string of the molecule is O=C(Cn1nc(-c2ccc(Cl)cc2)n(C2CC2)c1=O)NCc1c(F)cccc1C(F)(F)F. The molecule has 2 aromatic carbocycles. The Morgan fingerprint density at radius 2 is 1.84 bits per heavy atom. The Morgan fingerprint density at radius 1 is 1.16 bits per heavy atom. The van der Waals surface area contributed by atoms with Crippen LogP contribution in [0.25, 0.3) is 11.4 Å². The Balaban J connectivity index is 1.54. The molecule has 168 valence electrons. The van der Waals surface area contributed by atoms with Crippen LogP contribution in [0, 0.1) is 5.82 Å². The minimum absolute atomic E-state index is 0.0299. The van der Waals surface area contributed by atoms with Crippen molar-refractivity contribution in [3.63, 3.8) is 0 Å². The summed E-state index contributed by atoms with van der Waals surface area (Å²) in [7, 11) is 0. The van der Waals surface area contributed by atoms with E-state index in [9.17, 15) is 27.2 Å². The zero-order valence-corrected chi connectivity index (χ0v) is 17.3. The highest BCUT2D eigenvalue weighted by molar-refractivity contribution is 6.30. The number of aromatic nitrogens is 3. The summed E-state index contributed by atoms with van der Waals surface area (Å²) in [5.41, 5.74) is -1.71. The summed E-state index contributed by atoms with van der Waals surface area (Å²) in [6, 6.07) is 9.24. The van der Waals surface area contributed by atoms with E-state index in [1.807, 2.05) is 0 Å². The number of alkyl halides is 3. The zero-order valence-electron chi connectivity index (χ0n) is 16.5. The number of amides is 1. The van der Waals surface area contributed by atoms with Crippen molar-refractivity contribution in [1.82, 2.24) is 19.7 Å². The maximum Gasteiger partial charge on any atom is 0.416 e. The Kier molecular flexibility index (Phi) is 5.81. The van der Waals surface area contributed by atoms with E-state index in [0.29, 0.717) is 16.4 Å². The van der Waals surface area contributed by atoms with Crippen molar-refractivity contribution in [3.05, 3.63) is 74.9 Å². The lowest BCUT2D eigenvalue weighted by molar-refractivity contribution is -0.138. The smallest absolute Gasteiger partial charge is 0.350 e. The molecule has 0 radical (unpaired) electrons. The van der Waals surface area contributed by atoms with Crippen molar-refractivity contribution in [2.75, 3.05) is 0 Å². The molecule has 0 bridgehead atoms. The predicted octanol–water partition coefficient (Wildman–Crippen LogP) is 4.17. The van der Waals surface area contributed by atoms with Gasteiger partial charge >= 0.3 is 11.9 Å². The molecule has 0 atom stereocenters.